The van der Waals surface area contributed by atoms with Crippen molar-refractivity contribution in [1.29, 1.82) is 0 Å². The molecule has 0 saturated carbocycles. The molecule has 1 unspecified atom stereocenters. The molecule has 0 aliphatic carbocycles. The average molecular weight is 310 g/mol. The molecule has 112 valence electrons. The summed E-state index contributed by atoms with van der Waals surface area (Å²) in [7, 11) is -2.54. The smallest absolute Gasteiger partial charge is 0.0996 e. The van der Waals surface area contributed by atoms with Crippen LogP contribution in [0.5, 0.6) is 0 Å². The van der Waals surface area contributed by atoms with Crippen molar-refractivity contribution >= 4 is 26.3 Å². The van der Waals surface area contributed by atoms with Crippen LogP contribution in [0.2, 0.25) is 0 Å². The zero-order valence-electron chi connectivity index (χ0n) is 12.6. The van der Waals surface area contributed by atoms with E-state index in [1.54, 1.807) is 6.20 Å². The lowest BCUT2D eigenvalue weighted by atomic mass is 10.2. The molecule has 0 radical (unpaired) electrons. The van der Waals surface area contributed by atoms with Gasteiger partial charge >= 0.3 is 0 Å². The summed E-state index contributed by atoms with van der Waals surface area (Å²) < 4.78 is 18.2. The first-order valence-electron chi connectivity index (χ1n) is 7.26. The van der Waals surface area contributed by atoms with Gasteiger partial charge in [-0.05, 0) is 38.1 Å². The Morgan fingerprint density at radius 2 is 1.68 bits per heavy atom. The first-order valence-corrected chi connectivity index (χ1v) is 8.84. The van der Waals surface area contributed by atoms with Gasteiger partial charge in [0.15, 0.2) is 0 Å². The Morgan fingerprint density at radius 1 is 0.955 bits per heavy atom. The zero-order valence-corrected chi connectivity index (χ0v) is 13.5. The zero-order chi connectivity index (χ0) is 15.6. The van der Waals surface area contributed by atoms with Crippen molar-refractivity contribution in [2.24, 2.45) is 4.36 Å². The number of aromatic nitrogens is 1. The molecular weight excluding hydrogens is 292 g/mol. The summed E-state index contributed by atoms with van der Waals surface area (Å²) in [5, 5.41) is 0.913. The summed E-state index contributed by atoms with van der Waals surface area (Å²) in [4.78, 5) is 5.16. The Morgan fingerprint density at radius 3 is 2.41 bits per heavy atom. The van der Waals surface area contributed by atoms with Gasteiger partial charge in [0.1, 0.15) is 0 Å². The number of nitrogens with zero attached hydrogens (tertiary/aromatic N) is 2. The van der Waals surface area contributed by atoms with Crippen LogP contribution in [0, 0.1) is 0 Å². The second-order valence-corrected chi connectivity index (χ2v) is 8.11. The number of hydrogen-bond donors (Lipinski definition) is 0. The van der Waals surface area contributed by atoms with Gasteiger partial charge in [-0.25, -0.2) is 4.21 Å². The number of benzene rings is 2. The molecule has 0 spiro atoms. The summed E-state index contributed by atoms with van der Waals surface area (Å²) in [5.74, 6) is 0. The molecule has 3 rings (SSSR count). The third-order valence-corrected chi connectivity index (χ3v) is 6.26. The van der Waals surface area contributed by atoms with Gasteiger partial charge in [0.2, 0.25) is 0 Å². The maximum absolute atomic E-state index is 13.5. The van der Waals surface area contributed by atoms with Crippen molar-refractivity contribution in [3.05, 3.63) is 66.9 Å². The quantitative estimate of drug-likeness (QED) is 0.697. The number of para-hydroxylation sites is 1. The lowest BCUT2D eigenvalue weighted by Gasteiger charge is -2.14. The van der Waals surface area contributed by atoms with Crippen LogP contribution in [-0.4, -0.2) is 14.4 Å². The second-order valence-electron chi connectivity index (χ2n) is 5.37. The van der Waals surface area contributed by atoms with E-state index in [1.165, 1.54) is 0 Å². The molecule has 1 aromatic heterocycles. The van der Waals surface area contributed by atoms with E-state index in [0.29, 0.717) is 5.69 Å². The highest BCUT2D eigenvalue weighted by Gasteiger charge is 2.18. The predicted molar refractivity (Wildman–Crippen MR) is 91.8 cm³/mol. The minimum Gasteiger partial charge on any atom is -0.254 e. The van der Waals surface area contributed by atoms with Gasteiger partial charge in [-0.1, -0.05) is 36.4 Å². The summed E-state index contributed by atoms with van der Waals surface area (Å²) in [6, 6.07) is 19.1. The van der Waals surface area contributed by atoms with Crippen molar-refractivity contribution in [3.8, 4) is 0 Å². The van der Waals surface area contributed by atoms with Gasteiger partial charge in [-0.15, -0.1) is 0 Å². The Balaban J connectivity index is 2.29. The van der Waals surface area contributed by atoms with E-state index in [1.807, 2.05) is 74.5 Å². The lowest BCUT2D eigenvalue weighted by molar-refractivity contribution is 0.669. The minimum absolute atomic E-state index is 0.0890. The fourth-order valence-electron chi connectivity index (χ4n) is 2.35. The molecule has 1 atom stereocenters. The molecule has 2 aromatic carbocycles. The summed E-state index contributed by atoms with van der Waals surface area (Å²) >= 11 is 0. The van der Waals surface area contributed by atoms with Crippen LogP contribution in [-0.2, 0) is 9.73 Å². The van der Waals surface area contributed by atoms with Crippen molar-refractivity contribution in [1.82, 2.24) is 4.98 Å². The number of pyridine rings is 1. The molecule has 0 bridgehead atoms. The molecule has 0 N–H and O–H groups in total. The fraction of sp³-hybridized carbons (Fsp3) is 0.167. The molecule has 0 fully saturated rings. The highest BCUT2D eigenvalue weighted by molar-refractivity contribution is 7.94. The highest BCUT2D eigenvalue weighted by atomic mass is 32.2. The molecule has 0 amide bonds. The normalized spacial score (nSPS) is 14.0. The van der Waals surface area contributed by atoms with E-state index in [4.69, 9.17) is 0 Å². The number of hydrogen-bond acceptors (Lipinski definition) is 3. The third kappa shape index (κ3) is 2.62. The van der Waals surface area contributed by atoms with E-state index >= 15 is 0 Å². The average Bonchev–Trinajstić information content (AvgIpc) is 2.56. The van der Waals surface area contributed by atoms with Crippen LogP contribution in [0.15, 0.2) is 76.1 Å². The molecule has 22 heavy (non-hydrogen) atoms. The molecule has 4 heteroatoms. The van der Waals surface area contributed by atoms with E-state index in [9.17, 15) is 4.21 Å². The maximum Gasteiger partial charge on any atom is 0.0996 e. The Bertz CT molecular complexity index is 905. The molecule has 3 aromatic rings. The van der Waals surface area contributed by atoms with Gasteiger partial charge in [0, 0.05) is 21.7 Å². The van der Waals surface area contributed by atoms with Crippen LogP contribution in [0.1, 0.15) is 13.8 Å². The van der Waals surface area contributed by atoms with E-state index < -0.39 is 9.73 Å². The largest absolute Gasteiger partial charge is 0.254 e. The standard InChI is InChI=1S/C18H18N2OS/c1-14(2)22(21,16-10-4-3-5-11-16)20-17-12-6-8-15-9-7-13-19-18(15)17/h3-14H,1-2H3. The SMILES string of the molecule is CC(C)S(=O)(=Nc1cccc2cccnc12)c1ccccc1. The first kappa shape index (κ1) is 14.7. The highest BCUT2D eigenvalue weighted by Crippen LogP contribution is 2.29. The third-order valence-electron chi connectivity index (χ3n) is 3.57. The molecule has 0 saturated heterocycles. The predicted octanol–water partition coefficient (Wildman–Crippen LogP) is 4.80. The minimum atomic E-state index is -2.54. The topological polar surface area (TPSA) is 42.3 Å². The van der Waals surface area contributed by atoms with Gasteiger partial charge in [0.25, 0.3) is 0 Å². The molecule has 1 heterocycles. The summed E-state index contributed by atoms with van der Waals surface area (Å²) in [6.07, 6.45) is 1.74. The van der Waals surface area contributed by atoms with Gasteiger partial charge in [-0.3, -0.25) is 4.98 Å². The van der Waals surface area contributed by atoms with Crippen LogP contribution in [0.4, 0.5) is 5.69 Å². The van der Waals surface area contributed by atoms with Crippen molar-refractivity contribution in [2.75, 3.05) is 0 Å². The molecule has 3 nitrogen and oxygen atoms in total. The first-order chi connectivity index (χ1) is 10.6. The molecular formula is C18H18N2OS. The molecule has 0 aliphatic heterocycles. The van der Waals surface area contributed by atoms with Crippen LogP contribution < -0.4 is 0 Å². The second kappa shape index (κ2) is 5.89. The molecule has 0 aliphatic rings. The Labute approximate surface area is 131 Å². The fourth-order valence-corrected chi connectivity index (χ4v) is 4.20. The summed E-state index contributed by atoms with van der Waals surface area (Å²) in [5.41, 5.74) is 1.47. The lowest BCUT2D eigenvalue weighted by Crippen LogP contribution is -2.13. The monoisotopic (exact) mass is 310 g/mol. The van der Waals surface area contributed by atoms with Crippen LogP contribution in [0.3, 0.4) is 0 Å². The van der Waals surface area contributed by atoms with E-state index in [-0.39, 0.29) is 5.25 Å². The van der Waals surface area contributed by atoms with Crippen LogP contribution in [0.25, 0.3) is 10.9 Å². The number of rotatable bonds is 3. The maximum atomic E-state index is 13.5. The number of fused-ring (bicyclic) bond motifs is 1. The van der Waals surface area contributed by atoms with E-state index in [0.717, 1.165) is 15.8 Å². The Kier molecular flexibility index (Phi) is 3.94. The van der Waals surface area contributed by atoms with Crippen molar-refractivity contribution < 1.29 is 4.21 Å². The van der Waals surface area contributed by atoms with Gasteiger partial charge < -0.3 is 0 Å². The van der Waals surface area contributed by atoms with Crippen molar-refractivity contribution in [3.63, 3.8) is 0 Å². The van der Waals surface area contributed by atoms with Gasteiger partial charge in [0.05, 0.1) is 20.9 Å². The van der Waals surface area contributed by atoms with Crippen LogP contribution >= 0.6 is 0 Å². The Hall–Kier alpha value is -2.20. The van der Waals surface area contributed by atoms with Gasteiger partial charge in [-0.2, -0.15) is 4.36 Å². The van der Waals surface area contributed by atoms with Crippen molar-refractivity contribution in [2.45, 2.75) is 24.0 Å². The summed E-state index contributed by atoms with van der Waals surface area (Å²) in [6.45, 7) is 3.88. The van der Waals surface area contributed by atoms with E-state index in [2.05, 4.69) is 9.35 Å².